The van der Waals surface area contributed by atoms with E-state index in [1.807, 2.05) is 24.3 Å². The van der Waals surface area contributed by atoms with Crippen molar-refractivity contribution in [2.24, 2.45) is 0 Å². The van der Waals surface area contributed by atoms with Gasteiger partial charge in [0.2, 0.25) is 5.95 Å². The molecule has 0 fully saturated rings. The fourth-order valence-corrected chi connectivity index (χ4v) is 3.13. The maximum Gasteiger partial charge on any atom is 0.248 e. The van der Waals surface area contributed by atoms with Crippen LogP contribution in [0.15, 0.2) is 48.8 Å². The van der Waals surface area contributed by atoms with Crippen molar-refractivity contribution in [3.63, 3.8) is 0 Å². The number of hydrogen-bond acceptors (Lipinski definition) is 3. The predicted octanol–water partition coefficient (Wildman–Crippen LogP) is 5.00. The summed E-state index contributed by atoms with van der Waals surface area (Å²) >= 11 is 17.5. The number of aryl methyl sites for hydroxylation is 1. The molecule has 0 saturated carbocycles. The van der Waals surface area contributed by atoms with E-state index in [1.54, 1.807) is 23.1 Å². The maximum absolute atomic E-state index is 6.20. The van der Waals surface area contributed by atoms with Crippen molar-refractivity contribution >= 4 is 52.2 Å². The molecule has 1 aromatic heterocycles. The largest absolute Gasteiger partial charge is 0.332 e. The minimum absolute atomic E-state index is 0.418. The normalized spacial score (nSPS) is 10.6. The van der Waals surface area contributed by atoms with Gasteiger partial charge in [-0.3, -0.25) is 5.32 Å². The maximum atomic E-state index is 6.20. The molecule has 3 aromatic rings. The Morgan fingerprint density at radius 1 is 1.12 bits per heavy atom. The van der Waals surface area contributed by atoms with Crippen LogP contribution in [0.3, 0.4) is 0 Å². The summed E-state index contributed by atoms with van der Waals surface area (Å²) in [7, 11) is 0. The van der Waals surface area contributed by atoms with Crippen molar-refractivity contribution in [2.75, 3.05) is 10.6 Å². The van der Waals surface area contributed by atoms with Crippen LogP contribution in [0.4, 0.5) is 11.6 Å². The van der Waals surface area contributed by atoms with Crippen LogP contribution in [0.1, 0.15) is 18.1 Å². The average molecular weight is 406 g/mol. The summed E-state index contributed by atoms with van der Waals surface area (Å²) in [5.41, 5.74) is 3.07. The van der Waals surface area contributed by atoms with Gasteiger partial charge in [0.15, 0.2) is 5.11 Å². The molecule has 0 amide bonds. The van der Waals surface area contributed by atoms with Gasteiger partial charge < -0.3 is 5.32 Å². The molecule has 0 aliphatic heterocycles. The Morgan fingerprint density at radius 2 is 1.92 bits per heavy atom. The number of halogens is 2. The smallest absolute Gasteiger partial charge is 0.248 e. The number of hydrogen-bond donors (Lipinski definition) is 2. The van der Waals surface area contributed by atoms with E-state index >= 15 is 0 Å². The van der Waals surface area contributed by atoms with Crippen LogP contribution in [0.5, 0.6) is 0 Å². The molecule has 0 unspecified atom stereocenters. The standard InChI is InChI=1S/C18H17Cl2N5S/c1-2-12-5-3-4-6-16(12)22-18(26)23-17-21-11-25(24-17)10-13-7-8-14(19)9-15(13)20/h3-9,11H,2,10H2,1H3,(H2,22,23,24,26). The molecule has 134 valence electrons. The van der Waals surface area contributed by atoms with Crippen molar-refractivity contribution < 1.29 is 0 Å². The zero-order valence-corrected chi connectivity index (χ0v) is 16.4. The number of nitrogens with zero attached hydrogens (tertiary/aromatic N) is 3. The third-order valence-corrected chi connectivity index (χ3v) is 4.55. The van der Waals surface area contributed by atoms with Crippen LogP contribution in [-0.4, -0.2) is 19.9 Å². The van der Waals surface area contributed by atoms with Gasteiger partial charge in [-0.1, -0.05) is 54.4 Å². The van der Waals surface area contributed by atoms with Crippen molar-refractivity contribution in [1.29, 1.82) is 0 Å². The van der Waals surface area contributed by atoms with Crippen molar-refractivity contribution in [2.45, 2.75) is 19.9 Å². The molecule has 0 atom stereocenters. The number of anilines is 2. The lowest BCUT2D eigenvalue weighted by Gasteiger charge is -2.11. The molecule has 2 N–H and O–H groups in total. The highest BCUT2D eigenvalue weighted by molar-refractivity contribution is 7.80. The minimum atomic E-state index is 0.418. The fraction of sp³-hybridized carbons (Fsp3) is 0.167. The summed E-state index contributed by atoms with van der Waals surface area (Å²) in [4.78, 5) is 4.23. The van der Waals surface area contributed by atoms with E-state index in [9.17, 15) is 0 Å². The van der Waals surface area contributed by atoms with Crippen molar-refractivity contribution in [1.82, 2.24) is 14.8 Å². The van der Waals surface area contributed by atoms with Crippen LogP contribution in [0, 0.1) is 0 Å². The van der Waals surface area contributed by atoms with Crippen LogP contribution in [0.25, 0.3) is 0 Å². The molecule has 0 spiro atoms. The number of benzene rings is 2. The van der Waals surface area contributed by atoms with Gasteiger partial charge in [0, 0.05) is 15.7 Å². The summed E-state index contributed by atoms with van der Waals surface area (Å²) in [6.45, 7) is 2.59. The van der Waals surface area contributed by atoms with Crippen molar-refractivity contribution in [3.8, 4) is 0 Å². The highest BCUT2D eigenvalue weighted by atomic mass is 35.5. The van der Waals surface area contributed by atoms with E-state index < -0.39 is 0 Å². The van der Waals surface area contributed by atoms with Gasteiger partial charge in [-0.15, -0.1) is 5.10 Å². The Labute approximate surface area is 167 Å². The van der Waals surface area contributed by atoms with Gasteiger partial charge in [-0.2, -0.15) is 0 Å². The topological polar surface area (TPSA) is 54.8 Å². The van der Waals surface area contributed by atoms with Gasteiger partial charge in [0.1, 0.15) is 6.33 Å². The van der Waals surface area contributed by atoms with E-state index in [0.29, 0.717) is 27.7 Å². The first-order chi connectivity index (χ1) is 12.5. The summed E-state index contributed by atoms with van der Waals surface area (Å²) in [5.74, 6) is 0.418. The first kappa shape index (κ1) is 18.6. The second-order valence-corrected chi connectivity index (χ2v) is 6.84. The first-order valence-corrected chi connectivity index (χ1v) is 9.21. The molecule has 0 aliphatic carbocycles. The number of nitrogens with one attached hydrogen (secondary N) is 2. The molecule has 8 heteroatoms. The van der Waals surface area contributed by atoms with Crippen LogP contribution >= 0.6 is 35.4 Å². The molecule has 2 aromatic carbocycles. The van der Waals surface area contributed by atoms with Gasteiger partial charge >= 0.3 is 0 Å². The van der Waals surface area contributed by atoms with Crippen LogP contribution in [-0.2, 0) is 13.0 Å². The van der Waals surface area contributed by atoms with Gasteiger partial charge in [-0.05, 0) is 48.0 Å². The average Bonchev–Trinajstić information content (AvgIpc) is 3.04. The third-order valence-electron chi connectivity index (χ3n) is 3.76. The molecule has 0 aliphatic rings. The van der Waals surface area contributed by atoms with Crippen molar-refractivity contribution in [3.05, 3.63) is 70.0 Å². The van der Waals surface area contributed by atoms with Gasteiger partial charge in [0.25, 0.3) is 0 Å². The summed E-state index contributed by atoms with van der Waals surface area (Å²) < 4.78 is 1.68. The second-order valence-electron chi connectivity index (χ2n) is 5.59. The highest BCUT2D eigenvalue weighted by Crippen LogP contribution is 2.21. The quantitative estimate of drug-likeness (QED) is 0.584. The number of para-hydroxylation sites is 1. The molecular weight excluding hydrogens is 389 g/mol. The Kier molecular flexibility index (Phi) is 6.08. The highest BCUT2D eigenvalue weighted by Gasteiger charge is 2.08. The van der Waals surface area contributed by atoms with Gasteiger partial charge in [-0.25, -0.2) is 9.67 Å². The van der Waals surface area contributed by atoms with E-state index in [4.69, 9.17) is 35.4 Å². The Hall–Kier alpha value is -2.15. The number of rotatable bonds is 5. The van der Waals surface area contributed by atoms with Crippen LogP contribution in [0.2, 0.25) is 10.0 Å². The van der Waals surface area contributed by atoms with E-state index in [-0.39, 0.29) is 0 Å². The molecule has 26 heavy (non-hydrogen) atoms. The number of thiocarbonyl (C=S) groups is 1. The summed E-state index contributed by atoms with van der Waals surface area (Å²) in [6.07, 6.45) is 2.54. The van der Waals surface area contributed by atoms with Crippen LogP contribution < -0.4 is 10.6 Å². The molecule has 1 heterocycles. The Bertz CT molecular complexity index is 925. The molecule has 0 saturated heterocycles. The monoisotopic (exact) mass is 405 g/mol. The summed E-state index contributed by atoms with van der Waals surface area (Å²) in [5, 5.41) is 12.2. The lowest BCUT2D eigenvalue weighted by Crippen LogP contribution is -2.20. The third kappa shape index (κ3) is 4.72. The number of aromatic nitrogens is 3. The predicted molar refractivity (Wildman–Crippen MR) is 111 cm³/mol. The zero-order valence-electron chi connectivity index (χ0n) is 14.0. The Balaban J connectivity index is 1.63. The first-order valence-electron chi connectivity index (χ1n) is 8.04. The lowest BCUT2D eigenvalue weighted by atomic mass is 10.1. The fourth-order valence-electron chi connectivity index (χ4n) is 2.46. The molecule has 0 radical (unpaired) electrons. The molecule has 0 bridgehead atoms. The minimum Gasteiger partial charge on any atom is -0.332 e. The van der Waals surface area contributed by atoms with Gasteiger partial charge in [0.05, 0.1) is 6.54 Å². The second kappa shape index (κ2) is 8.49. The summed E-state index contributed by atoms with van der Waals surface area (Å²) in [6, 6.07) is 13.4. The van der Waals surface area contributed by atoms with E-state index in [0.717, 1.165) is 17.7 Å². The molecular formula is C18H17Cl2N5S. The lowest BCUT2D eigenvalue weighted by molar-refractivity contribution is 0.687. The van der Waals surface area contributed by atoms with E-state index in [2.05, 4.69) is 33.7 Å². The zero-order chi connectivity index (χ0) is 18.5. The molecule has 5 nitrogen and oxygen atoms in total. The Morgan fingerprint density at radius 3 is 2.69 bits per heavy atom. The SMILES string of the molecule is CCc1ccccc1NC(=S)Nc1ncn(Cc2ccc(Cl)cc2Cl)n1. The van der Waals surface area contributed by atoms with E-state index in [1.165, 1.54) is 5.56 Å². The molecule has 3 rings (SSSR count).